The monoisotopic (exact) mass is 926 g/mol. The van der Waals surface area contributed by atoms with Crippen molar-refractivity contribution in [2.45, 2.75) is 0 Å². The highest BCUT2D eigenvalue weighted by molar-refractivity contribution is 9.11. The first kappa shape index (κ1) is 33.3. The van der Waals surface area contributed by atoms with Crippen molar-refractivity contribution in [2.24, 2.45) is 0 Å². The Kier molecular flexibility index (Phi) is 8.79. The second kappa shape index (κ2) is 13.7. The van der Waals surface area contributed by atoms with Crippen LogP contribution in [0.25, 0.3) is 73.8 Å². The number of para-hydroxylation sites is 1. The molecule has 4 nitrogen and oxygen atoms in total. The zero-order valence-electron chi connectivity index (χ0n) is 27.3. The van der Waals surface area contributed by atoms with Crippen molar-refractivity contribution in [3.05, 3.63) is 180 Å². The third-order valence-electron chi connectivity index (χ3n) is 9.26. The molecule has 0 radical (unpaired) electrons. The first-order chi connectivity index (χ1) is 25.5. The molecule has 0 amide bonds. The Hall–Kier alpha value is -4.60. The van der Waals surface area contributed by atoms with Gasteiger partial charge in [0, 0.05) is 22.4 Å². The van der Waals surface area contributed by atoms with E-state index in [1.54, 1.807) is 0 Å². The van der Waals surface area contributed by atoms with Crippen molar-refractivity contribution < 1.29 is 0 Å². The second-order valence-electron chi connectivity index (χ2n) is 12.4. The lowest BCUT2D eigenvalue weighted by Crippen LogP contribution is -1.97. The van der Waals surface area contributed by atoms with Gasteiger partial charge in [-0.05, 0) is 123 Å². The van der Waals surface area contributed by atoms with Crippen LogP contribution in [0.15, 0.2) is 151 Å². The van der Waals surface area contributed by atoms with Gasteiger partial charge in [0.05, 0.1) is 62.7 Å². The van der Waals surface area contributed by atoms with E-state index in [9.17, 15) is 0 Å². The molecule has 52 heavy (non-hydrogen) atoms. The number of rotatable bonds is 4. The van der Waals surface area contributed by atoms with E-state index in [2.05, 4.69) is 213 Å². The molecule has 0 fully saturated rings. The molecule has 250 valence electrons. The lowest BCUT2D eigenvalue weighted by Gasteiger charge is -2.12. The van der Waals surface area contributed by atoms with Crippen molar-refractivity contribution in [3.63, 3.8) is 0 Å². The average molecular weight is 930 g/mol. The maximum absolute atomic E-state index is 5.42. The lowest BCUT2D eigenvalue weighted by atomic mass is 9.95. The molecule has 0 unspecified atom stereocenters. The number of hydrogen-bond acceptors (Lipinski definition) is 2. The summed E-state index contributed by atoms with van der Waals surface area (Å²) in [6, 6.07) is 46.3. The quantitative estimate of drug-likeness (QED) is 0.191. The van der Waals surface area contributed by atoms with Gasteiger partial charge in [-0.25, -0.2) is 9.97 Å². The minimum atomic E-state index is 0.811. The third-order valence-corrected chi connectivity index (χ3v) is 12.5. The summed E-state index contributed by atoms with van der Waals surface area (Å²) >= 11 is 16.2. The van der Waals surface area contributed by atoms with Crippen molar-refractivity contribution >= 4 is 110 Å². The van der Waals surface area contributed by atoms with E-state index in [4.69, 9.17) is 9.97 Å². The molecule has 8 heteroatoms. The van der Waals surface area contributed by atoms with Crippen LogP contribution < -0.4 is 0 Å². The average Bonchev–Trinajstić information content (AvgIpc) is 4.03. The maximum Gasteiger partial charge on any atom is 0.0880 e. The molecule has 0 atom stereocenters. The highest BCUT2D eigenvalue weighted by Crippen LogP contribution is 2.49. The summed E-state index contributed by atoms with van der Waals surface area (Å²) < 4.78 is 5.78. The van der Waals surface area contributed by atoms with Gasteiger partial charge in [-0.1, -0.05) is 109 Å². The fourth-order valence-electron chi connectivity index (χ4n) is 6.90. The smallest absolute Gasteiger partial charge is 0.0880 e. The molecule has 8 bridgehead atoms. The molecule has 0 saturated carbocycles. The Morgan fingerprint density at radius 2 is 0.904 bits per heavy atom. The highest BCUT2D eigenvalue weighted by Gasteiger charge is 2.28. The number of nitrogens with zero attached hydrogens (tertiary/aromatic N) is 3. The second-order valence-corrected chi connectivity index (χ2v) is 15.5. The van der Waals surface area contributed by atoms with Crippen LogP contribution in [0.3, 0.4) is 0 Å². The molecule has 2 aliphatic heterocycles. The van der Waals surface area contributed by atoms with Crippen LogP contribution in [0.1, 0.15) is 28.3 Å². The van der Waals surface area contributed by atoms with E-state index in [0.29, 0.717) is 0 Å². The van der Waals surface area contributed by atoms with E-state index < -0.39 is 0 Å². The molecule has 0 spiro atoms. The normalized spacial score (nSPS) is 12.3. The number of fused-ring (bicyclic) bond motifs is 8. The lowest BCUT2D eigenvalue weighted by molar-refractivity contribution is 1.16. The first-order valence-electron chi connectivity index (χ1n) is 16.6. The van der Waals surface area contributed by atoms with Crippen LogP contribution in [0.4, 0.5) is 0 Å². The summed E-state index contributed by atoms with van der Waals surface area (Å²) in [7, 11) is 0. The number of aromatic amines is 1. The van der Waals surface area contributed by atoms with Crippen LogP contribution in [0, 0.1) is 0 Å². The molecule has 0 saturated heterocycles. The van der Waals surface area contributed by atoms with Gasteiger partial charge in [-0.2, -0.15) is 0 Å². The third kappa shape index (κ3) is 5.69. The molecule has 4 aromatic carbocycles. The predicted molar refractivity (Wildman–Crippen MR) is 230 cm³/mol. The largest absolute Gasteiger partial charge is 0.354 e. The van der Waals surface area contributed by atoms with Crippen LogP contribution in [-0.4, -0.2) is 19.5 Å². The summed E-state index contributed by atoms with van der Waals surface area (Å²) in [5, 5.41) is 0. The minimum absolute atomic E-state index is 0.811. The van der Waals surface area contributed by atoms with Crippen LogP contribution in [0.5, 0.6) is 0 Å². The van der Waals surface area contributed by atoms with Crippen molar-refractivity contribution in [1.82, 2.24) is 19.5 Å². The van der Waals surface area contributed by atoms with Crippen LogP contribution in [0.2, 0.25) is 0 Å². The molecule has 3 aromatic heterocycles. The number of hydrogen-bond donors (Lipinski definition) is 1. The van der Waals surface area contributed by atoms with Gasteiger partial charge in [0.1, 0.15) is 0 Å². The summed E-state index contributed by atoms with van der Waals surface area (Å²) in [4.78, 5) is 14.2. The van der Waals surface area contributed by atoms with Crippen molar-refractivity contribution in [1.29, 1.82) is 0 Å². The zero-order chi connectivity index (χ0) is 35.3. The molecule has 7 aromatic rings. The molecule has 2 aliphatic rings. The number of benzene rings is 4. The fourth-order valence-corrected chi connectivity index (χ4v) is 9.06. The van der Waals surface area contributed by atoms with Gasteiger partial charge >= 0.3 is 0 Å². The molecular formula is C44H26Br4N4. The Balaban J connectivity index is 1.61. The molecule has 0 aliphatic carbocycles. The van der Waals surface area contributed by atoms with Gasteiger partial charge in [-0.3, -0.25) is 0 Å². The van der Waals surface area contributed by atoms with Crippen LogP contribution >= 0.6 is 63.7 Å². The Labute approximate surface area is 334 Å². The van der Waals surface area contributed by atoms with E-state index in [1.807, 2.05) is 12.1 Å². The van der Waals surface area contributed by atoms with E-state index in [0.717, 1.165) is 102 Å². The summed E-state index contributed by atoms with van der Waals surface area (Å²) in [6.45, 7) is 0. The number of H-pyrrole nitrogens is 1. The zero-order valence-corrected chi connectivity index (χ0v) is 33.6. The van der Waals surface area contributed by atoms with Gasteiger partial charge in [0.25, 0.3) is 0 Å². The topological polar surface area (TPSA) is 46.5 Å². The summed E-state index contributed by atoms with van der Waals surface area (Å²) in [5.41, 5.74) is 14.4. The Morgan fingerprint density at radius 3 is 1.46 bits per heavy atom. The summed E-state index contributed by atoms with van der Waals surface area (Å²) in [5.74, 6) is 0. The van der Waals surface area contributed by atoms with Gasteiger partial charge in [-0.15, -0.1) is 0 Å². The van der Waals surface area contributed by atoms with Crippen LogP contribution in [-0.2, 0) is 0 Å². The first-order valence-corrected chi connectivity index (χ1v) is 19.8. The number of halogens is 4. The Morgan fingerprint density at radius 1 is 0.442 bits per heavy atom. The summed E-state index contributed by atoms with van der Waals surface area (Å²) in [6.07, 6.45) is 6.28. The van der Waals surface area contributed by atoms with E-state index >= 15 is 0 Å². The van der Waals surface area contributed by atoms with Crippen molar-refractivity contribution in [2.75, 3.05) is 0 Å². The fraction of sp³-hybridized carbons (Fsp3) is 0. The molecular weight excluding hydrogens is 904 g/mol. The predicted octanol–water partition coefficient (Wildman–Crippen LogP) is 13.9. The molecule has 5 heterocycles. The van der Waals surface area contributed by atoms with Gasteiger partial charge < -0.3 is 9.55 Å². The Bertz CT molecular complexity index is 2750. The number of nitrogens with one attached hydrogen (secondary N) is 1. The minimum Gasteiger partial charge on any atom is -0.354 e. The van der Waals surface area contributed by atoms with Gasteiger partial charge in [0.15, 0.2) is 0 Å². The standard InChI is InChI=1S/C44H26Br4N4/c45-38-31-21-22-33(49-31)39(46)35-25-30(26-13-5-1-6-14-26)42(51-35)41(48)44-37(28-17-9-3-10-18-28)36(27-15-7-2-8-16-27)43(40(47)34-24-23-32(38)50-34)52(44)29-19-11-4-12-20-29/h1-25,49H. The number of aromatic nitrogens is 4. The van der Waals surface area contributed by atoms with Gasteiger partial charge in [0.2, 0.25) is 0 Å². The molecule has 9 rings (SSSR count). The maximum atomic E-state index is 5.42. The van der Waals surface area contributed by atoms with E-state index in [1.165, 1.54) is 0 Å². The van der Waals surface area contributed by atoms with Crippen molar-refractivity contribution in [3.8, 4) is 27.9 Å². The molecule has 1 N–H and O–H groups in total. The van der Waals surface area contributed by atoms with E-state index in [-0.39, 0.29) is 0 Å². The SMILES string of the molecule is Brc1c2nc(c(Br)c3c(-c4ccccc4)c(-c4ccccc4)c(c(Br)c4nc(c(Br)c5ccc1[nH]5)C=C4c1ccccc1)n3-c1ccccc1)C=C2. The highest BCUT2D eigenvalue weighted by atomic mass is 79.9.